The SMILES string of the molecule is CN1CCCN(c2cnc(C#N)cn2)CC1=O. The zero-order valence-corrected chi connectivity index (χ0v) is 9.63. The Morgan fingerprint density at radius 3 is 2.82 bits per heavy atom. The number of hydrogen-bond acceptors (Lipinski definition) is 5. The third-order valence-corrected chi connectivity index (χ3v) is 2.75. The molecule has 1 aromatic heterocycles. The van der Waals surface area contributed by atoms with Crippen molar-refractivity contribution in [3.8, 4) is 6.07 Å². The van der Waals surface area contributed by atoms with Gasteiger partial charge in [-0.05, 0) is 6.42 Å². The molecule has 2 rings (SSSR count). The fourth-order valence-corrected chi connectivity index (χ4v) is 1.72. The van der Waals surface area contributed by atoms with Crippen molar-refractivity contribution in [1.29, 1.82) is 5.26 Å². The predicted octanol–water partition coefficient (Wildman–Crippen LogP) is 0.0168. The molecule has 1 aliphatic heterocycles. The highest BCUT2D eigenvalue weighted by Gasteiger charge is 2.19. The van der Waals surface area contributed by atoms with Crippen LogP contribution in [0.3, 0.4) is 0 Å². The summed E-state index contributed by atoms with van der Waals surface area (Å²) >= 11 is 0. The lowest BCUT2D eigenvalue weighted by Crippen LogP contribution is -2.34. The summed E-state index contributed by atoms with van der Waals surface area (Å²) in [4.78, 5) is 23.4. The zero-order valence-electron chi connectivity index (χ0n) is 9.63. The van der Waals surface area contributed by atoms with Crippen molar-refractivity contribution in [2.75, 3.05) is 31.6 Å². The zero-order chi connectivity index (χ0) is 12.3. The molecule has 1 saturated heterocycles. The van der Waals surface area contributed by atoms with Gasteiger partial charge in [-0.1, -0.05) is 0 Å². The Morgan fingerprint density at radius 2 is 2.18 bits per heavy atom. The van der Waals surface area contributed by atoms with E-state index in [0.717, 1.165) is 19.5 Å². The van der Waals surface area contributed by atoms with Gasteiger partial charge in [0.1, 0.15) is 11.9 Å². The molecule has 6 nitrogen and oxygen atoms in total. The average Bonchev–Trinajstić information content (AvgIpc) is 2.52. The summed E-state index contributed by atoms with van der Waals surface area (Å²) in [6.45, 7) is 1.85. The van der Waals surface area contributed by atoms with Gasteiger partial charge in [-0.25, -0.2) is 9.97 Å². The second-order valence-electron chi connectivity index (χ2n) is 3.96. The second-order valence-corrected chi connectivity index (χ2v) is 3.96. The molecule has 17 heavy (non-hydrogen) atoms. The highest BCUT2D eigenvalue weighted by Crippen LogP contribution is 2.12. The Morgan fingerprint density at radius 1 is 1.35 bits per heavy atom. The summed E-state index contributed by atoms with van der Waals surface area (Å²) in [6, 6.07) is 1.92. The maximum absolute atomic E-state index is 11.7. The summed E-state index contributed by atoms with van der Waals surface area (Å²) < 4.78 is 0. The van der Waals surface area contributed by atoms with Crippen LogP contribution in [-0.2, 0) is 4.79 Å². The van der Waals surface area contributed by atoms with E-state index in [2.05, 4.69) is 9.97 Å². The minimum atomic E-state index is 0.0775. The maximum Gasteiger partial charge on any atom is 0.241 e. The molecule has 1 fully saturated rings. The second kappa shape index (κ2) is 4.78. The third kappa shape index (κ3) is 2.50. The van der Waals surface area contributed by atoms with Crippen LogP contribution >= 0.6 is 0 Å². The average molecular weight is 231 g/mol. The first-order chi connectivity index (χ1) is 8.20. The fraction of sp³-hybridized carbons (Fsp3) is 0.455. The summed E-state index contributed by atoms with van der Waals surface area (Å²) in [6.07, 6.45) is 3.87. The number of nitriles is 1. The number of carbonyl (C=O) groups excluding carboxylic acids is 1. The number of anilines is 1. The van der Waals surface area contributed by atoms with Gasteiger partial charge in [0.25, 0.3) is 0 Å². The van der Waals surface area contributed by atoms with Crippen LogP contribution in [0.15, 0.2) is 12.4 Å². The van der Waals surface area contributed by atoms with Crippen molar-refractivity contribution < 1.29 is 4.79 Å². The van der Waals surface area contributed by atoms with Gasteiger partial charge in [-0.15, -0.1) is 0 Å². The van der Waals surface area contributed by atoms with Crippen LogP contribution in [0.1, 0.15) is 12.1 Å². The van der Waals surface area contributed by atoms with Gasteiger partial charge < -0.3 is 9.80 Å². The monoisotopic (exact) mass is 231 g/mol. The molecule has 0 radical (unpaired) electrons. The standard InChI is InChI=1S/C11H13N5O/c1-15-3-2-4-16(8-11(15)17)10-7-13-9(5-12)6-14-10/h6-7H,2-4,8H2,1H3. The molecular weight excluding hydrogens is 218 g/mol. The number of hydrogen-bond donors (Lipinski definition) is 0. The van der Waals surface area contributed by atoms with E-state index in [1.165, 1.54) is 12.4 Å². The molecule has 0 spiro atoms. The third-order valence-electron chi connectivity index (χ3n) is 2.75. The molecule has 0 bridgehead atoms. The number of nitrogens with zero attached hydrogens (tertiary/aromatic N) is 5. The summed E-state index contributed by atoms with van der Waals surface area (Å²) in [5, 5.41) is 8.63. The van der Waals surface area contributed by atoms with E-state index in [-0.39, 0.29) is 11.6 Å². The maximum atomic E-state index is 11.7. The van der Waals surface area contributed by atoms with E-state index in [4.69, 9.17) is 5.26 Å². The van der Waals surface area contributed by atoms with Crippen molar-refractivity contribution in [3.05, 3.63) is 18.1 Å². The number of carbonyl (C=O) groups is 1. The van der Waals surface area contributed by atoms with Crippen molar-refractivity contribution in [3.63, 3.8) is 0 Å². The van der Waals surface area contributed by atoms with Gasteiger partial charge in [-0.3, -0.25) is 4.79 Å². The molecule has 0 aromatic carbocycles. The highest BCUT2D eigenvalue weighted by molar-refractivity contribution is 5.81. The Kier molecular flexibility index (Phi) is 3.19. The molecule has 2 heterocycles. The van der Waals surface area contributed by atoms with E-state index in [1.807, 2.05) is 11.0 Å². The summed E-state index contributed by atoms with van der Waals surface area (Å²) in [5.74, 6) is 0.723. The van der Waals surface area contributed by atoms with Crippen LogP contribution in [0.25, 0.3) is 0 Å². The molecule has 1 aromatic rings. The number of aromatic nitrogens is 2. The molecule has 0 unspecified atom stereocenters. The molecule has 0 saturated carbocycles. The lowest BCUT2D eigenvalue weighted by molar-refractivity contribution is -0.127. The summed E-state index contributed by atoms with van der Waals surface area (Å²) in [5.41, 5.74) is 0.284. The molecular formula is C11H13N5O. The number of amides is 1. The van der Waals surface area contributed by atoms with E-state index < -0.39 is 0 Å². The Labute approximate surface area is 99.5 Å². The van der Waals surface area contributed by atoms with Crippen LogP contribution in [0.2, 0.25) is 0 Å². The van der Waals surface area contributed by atoms with Crippen molar-refractivity contribution in [2.45, 2.75) is 6.42 Å². The quantitative estimate of drug-likeness (QED) is 0.681. The first-order valence-electron chi connectivity index (χ1n) is 5.42. The smallest absolute Gasteiger partial charge is 0.241 e. The topological polar surface area (TPSA) is 73.1 Å². The number of rotatable bonds is 1. The van der Waals surface area contributed by atoms with Gasteiger partial charge in [0, 0.05) is 20.1 Å². The first kappa shape index (κ1) is 11.3. The van der Waals surface area contributed by atoms with Gasteiger partial charge in [0.2, 0.25) is 5.91 Å². The van der Waals surface area contributed by atoms with Gasteiger partial charge in [0.15, 0.2) is 5.69 Å². The molecule has 6 heteroatoms. The molecule has 0 N–H and O–H groups in total. The predicted molar refractivity (Wildman–Crippen MR) is 61.2 cm³/mol. The van der Waals surface area contributed by atoms with Crippen LogP contribution < -0.4 is 4.90 Å². The first-order valence-corrected chi connectivity index (χ1v) is 5.42. The minimum absolute atomic E-state index is 0.0775. The molecule has 1 aliphatic rings. The van der Waals surface area contributed by atoms with Crippen LogP contribution in [-0.4, -0.2) is 47.5 Å². The van der Waals surface area contributed by atoms with Crippen LogP contribution in [0.4, 0.5) is 5.82 Å². The number of likely N-dealkylation sites (N-methyl/N-ethyl adjacent to an activating group) is 1. The summed E-state index contributed by atoms with van der Waals surface area (Å²) in [7, 11) is 1.80. The van der Waals surface area contributed by atoms with Gasteiger partial charge >= 0.3 is 0 Å². The Hall–Kier alpha value is -2.16. The van der Waals surface area contributed by atoms with E-state index >= 15 is 0 Å². The molecule has 1 amide bonds. The van der Waals surface area contributed by atoms with Gasteiger partial charge in [0.05, 0.1) is 18.9 Å². The minimum Gasteiger partial charge on any atom is -0.346 e. The fourth-order valence-electron chi connectivity index (χ4n) is 1.72. The molecule has 88 valence electrons. The van der Waals surface area contributed by atoms with Gasteiger partial charge in [-0.2, -0.15) is 5.26 Å². The lowest BCUT2D eigenvalue weighted by atomic mass is 10.4. The van der Waals surface area contributed by atoms with Crippen LogP contribution in [0, 0.1) is 11.3 Å². The van der Waals surface area contributed by atoms with Crippen molar-refractivity contribution in [2.24, 2.45) is 0 Å². The van der Waals surface area contributed by atoms with Crippen molar-refractivity contribution in [1.82, 2.24) is 14.9 Å². The van der Waals surface area contributed by atoms with Crippen molar-refractivity contribution >= 4 is 11.7 Å². The van der Waals surface area contributed by atoms with Crippen LogP contribution in [0.5, 0.6) is 0 Å². The largest absolute Gasteiger partial charge is 0.346 e. The normalized spacial score (nSPS) is 16.6. The Bertz CT molecular complexity index is 450. The lowest BCUT2D eigenvalue weighted by Gasteiger charge is -2.19. The molecule has 0 atom stereocenters. The van der Waals surface area contributed by atoms with E-state index in [0.29, 0.717) is 12.4 Å². The van der Waals surface area contributed by atoms with E-state index in [1.54, 1.807) is 11.9 Å². The Balaban J connectivity index is 2.15. The molecule has 0 aliphatic carbocycles. The highest BCUT2D eigenvalue weighted by atomic mass is 16.2. The van der Waals surface area contributed by atoms with E-state index in [9.17, 15) is 4.79 Å².